The van der Waals surface area contributed by atoms with Gasteiger partial charge in [-0.05, 0) is 42.5 Å². The van der Waals surface area contributed by atoms with Crippen molar-refractivity contribution in [3.05, 3.63) is 78.1 Å². The molecule has 0 bridgehead atoms. The standard InChI is InChI=1S/C23H18ClN5O4/c1-3-21(30)28-17-6-4-13(10-16(17)24)27-23-29-18-11-14(5-7-20(18)33-23)32-15-8-9-26-19(12-15)22(31)25-2/h3-12H,1H2,2H3,(H,25,31)(H,27,29)(H,28,30). The summed E-state index contributed by atoms with van der Waals surface area (Å²) >= 11 is 6.23. The van der Waals surface area contributed by atoms with E-state index in [1.165, 1.54) is 13.2 Å². The second kappa shape index (κ2) is 9.41. The Morgan fingerprint density at radius 2 is 1.94 bits per heavy atom. The second-order valence-corrected chi connectivity index (χ2v) is 7.13. The van der Waals surface area contributed by atoms with E-state index in [9.17, 15) is 9.59 Å². The Bertz CT molecular complexity index is 1370. The molecule has 0 atom stereocenters. The van der Waals surface area contributed by atoms with Gasteiger partial charge >= 0.3 is 0 Å². The predicted octanol–water partition coefficient (Wildman–Crippen LogP) is 4.90. The van der Waals surface area contributed by atoms with Crippen LogP contribution in [0.1, 0.15) is 10.5 Å². The van der Waals surface area contributed by atoms with Gasteiger partial charge in [0.2, 0.25) is 5.91 Å². The summed E-state index contributed by atoms with van der Waals surface area (Å²) in [6.45, 7) is 3.41. The zero-order valence-electron chi connectivity index (χ0n) is 17.4. The van der Waals surface area contributed by atoms with Gasteiger partial charge in [0.15, 0.2) is 5.58 Å². The normalized spacial score (nSPS) is 10.5. The molecule has 2 heterocycles. The molecule has 0 aliphatic carbocycles. The summed E-state index contributed by atoms with van der Waals surface area (Å²) < 4.78 is 11.6. The Morgan fingerprint density at radius 1 is 1.12 bits per heavy atom. The number of ether oxygens (including phenoxy) is 1. The number of carbonyl (C=O) groups excluding carboxylic acids is 2. The van der Waals surface area contributed by atoms with Crippen LogP contribution in [-0.4, -0.2) is 28.8 Å². The molecular formula is C23H18ClN5O4. The maximum absolute atomic E-state index is 11.8. The lowest BCUT2D eigenvalue weighted by Gasteiger charge is -2.07. The van der Waals surface area contributed by atoms with E-state index in [0.29, 0.717) is 39.0 Å². The highest BCUT2D eigenvalue weighted by molar-refractivity contribution is 6.34. The largest absolute Gasteiger partial charge is 0.457 e. The number of hydrogen-bond donors (Lipinski definition) is 3. The van der Waals surface area contributed by atoms with Gasteiger partial charge in [-0.1, -0.05) is 18.2 Å². The van der Waals surface area contributed by atoms with Gasteiger partial charge in [-0.3, -0.25) is 14.6 Å². The maximum atomic E-state index is 11.8. The highest BCUT2D eigenvalue weighted by Gasteiger charge is 2.11. The van der Waals surface area contributed by atoms with Crippen molar-refractivity contribution in [2.75, 3.05) is 17.7 Å². The number of pyridine rings is 1. The molecule has 0 fully saturated rings. The minimum atomic E-state index is -0.355. The molecule has 0 saturated heterocycles. The van der Waals surface area contributed by atoms with Crippen LogP contribution >= 0.6 is 11.6 Å². The molecule has 9 nitrogen and oxygen atoms in total. The van der Waals surface area contributed by atoms with Crippen LogP contribution in [0, 0.1) is 0 Å². The number of halogens is 1. The summed E-state index contributed by atoms with van der Waals surface area (Å²) in [5.74, 6) is 0.315. The van der Waals surface area contributed by atoms with Gasteiger partial charge in [0.25, 0.3) is 11.9 Å². The lowest BCUT2D eigenvalue weighted by Crippen LogP contribution is -2.18. The molecule has 0 spiro atoms. The number of benzene rings is 2. The van der Waals surface area contributed by atoms with Crippen LogP contribution in [0.25, 0.3) is 11.1 Å². The molecule has 2 aromatic heterocycles. The van der Waals surface area contributed by atoms with Crippen LogP contribution in [0.5, 0.6) is 11.5 Å². The van der Waals surface area contributed by atoms with E-state index in [-0.39, 0.29) is 23.5 Å². The second-order valence-electron chi connectivity index (χ2n) is 6.72. The Balaban J connectivity index is 1.50. The number of carbonyl (C=O) groups is 2. The number of rotatable bonds is 7. The topological polar surface area (TPSA) is 118 Å². The third-order valence-electron chi connectivity index (χ3n) is 4.45. The summed E-state index contributed by atoms with van der Waals surface area (Å²) in [7, 11) is 1.53. The van der Waals surface area contributed by atoms with Crippen molar-refractivity contribution < 1.29 is 18.7 Å². The molecule has 3 N–H and O–H groups in total. The lowest BCUT2D eigenvalue weighted by atomic mass is 10.2. The van der Waals surface area contributed by atoms with E-state index in [1.54, 1.807) is 48.5 Å². The third-order valence-corrected chi connectivity index (χ3v) is 4.76. The number of nitrogens with zero attached hydrogens (tertiary/aromatic N) is 2. The fourth-order valence-corrected chi connectivity index (χ4v) is 3.12. The van der Waals surface area contributed by atoms with Gasteiger partial charge in [-0.15, -0.1) is 0 Å². The van der Waals surface area contributed by atoms with E-state index in [0.717, 1.165) is 6.08 Å². The number of anilines is 3. The van der Waals surface area contributed by atoms with E-state index in [4.69, 9.17) is 20.8 Å². The molecule has 2 amide bonds. The van der Waals surface area contributed by atoms with Crippen molar-refractivity contribution in [3.63, 3.8) is 0 Å². The molecule has 4 aromatic rings. The van der Waals surface area contributed by atoms with Crippen molar-refractivity contribution in [2.24, 2.45) is 0 Å². The number of amides is 2. The molecule has 10 heteroatoms. The lowest BCUT2D eigenvalue weighted by molar-refractivity contribution is -0.111. The average Bonchev–Trinajstić information content (AvgIpc) is 3.21. The van der Waals surface area contributed by atoms with Gasteiger partial charge in [0.1, 0.15) is 22.7 Å². The van der Waals surface area contributed by atoms with Crippen molar-refractivity contribution in [2.45, 2.75) is 0 Å². The first-order chi connectivity index (χ1) is 15.9. The number of aromatic nitrogens is 2. The summed E-state index contributed by atoms with van der Waals surface area (Å²) in [5.41, 5.74) is 2.45. The van der Waals surface area contributed by atoms with Gasteiger partial charge in [-0.2, -0.15) is 4.98 Å². The van der Waals surface area contributed by atoms with Gasteiger partial charge in [-0.25, -0.2) is 0 Å². The van der Waals surface area contributed by atoms with Gasteiger partial charge < -0.3 is 25.1 Å². The van der Waals surface area contributed by atoms with Crippen molar-refractivity contribution in [3.8, 4) is 11.5 Å². The smallest absolute Gasteiger partial charge is 0.300 e. The average molecular weight is 464 g/mol. The molecule has 166 valence electrons. The van der Waals surface area contributed by atoms with Crippen LogP contribution in [0.2, 0.25) is 5.02 Å². The number of hydrogen-bond acceptors (Lipinski definition) is 7. The Morgan fingerprint density at radius 3 is 2.70 bits per heavy atom. The molecular weight excluding hydrogens is 446 g/mol. The van der Waals surface area contributed by atoms with Gasteiger partial charge in [0.05, 0.1) is 10.7 Å². The third kappa shape index (κ3) is 5.10. The Hall–Kier alpha value is -4.37. The molecule has 0 unspecified atom stereocenters. The van der Waals surface area contributed by atoms with Crippen LogP contribution in [0.3, 0.4) is 0 Å². The summed E-state index contributed by atoms with van der Waals surface area (Å²) in [6, 6.07) is 13.6. The maximum Gasteiger partial charge on any atom is 0.300 e. The predicted molar refractivity (Wildman–Crippen MR) is 125 cm³/mol. The van der Waals surface area contributed by atoms with E-state index in [1.807, 2.05) is 0 Å². The highest BCUT2D eigenvalue weighted by atomic mass is 35.5. The van der Waals surface area contributed by atoms with Crippen molar-refractivity contribution in [1.29, 1.82) is 0 Å². The van der Waals surface area contributed by atoms with Crippen LogP contribution in [0.15, 0.2) is 71.8 Å². The molecule has 0 aliphatic heterocycles. The quantitative estimate of drug-likeness (QED) is 0.334. The first-order valence-electron chi connectivity index (χ1n) is 9.72. The number of oxazole rings is 1. The van der Waals surface area contributed by atoms with Crippen molar-refractivity contribution in [1.82, 2.24) is 15.3 Å². The Kier molecular flexibility index (Phi) is 6.23. The molecule has 4 rings (SSSR count). The number of nitrogens with one attached hydrogen (secondary N) is 3. The fraction of sp³-hybridized carbons (Fsp3) is 0.0435. The Labute approximate surface area is 193 Å². The van der Waals surface area contributed by atoms with Crippen LogP contribution in [-0.2, 0) is 4.79 Å². The van der Waals surface area contributed by atoms with Crippen molar-refractivity contribution >= 4 is 51.9 Å². The minimum absolute atomic E-state index is 0.248. The molecule has 0 saturated carbocycles. The summed E-state index contributed by atoms with van der Waals surface area (Å²) in [5, 5.41) is 8.51. The van der Waals surface area contributed by atoms with E-state index >= 15 is 0 Å². The molecule has 33 heavy (non-hydrogen) atoms. The summed E-state index contributed by atoms with van der Waals surface area (Å²) in [4.78, 5) is 31.6. The monoisotopic (exact) mass is 463 g/mol. The molecule has 0 aliphatic rings. The van der Waals surface area contributed by atoms with Gasteiger partial charge in [0, 0.05) is 31.1 Å². The SMILES string of the molecule is C=CC(=O)Nc1ccc(Nc2nc3cc(Oc4ccnc(C(=O)NC)c4)ccc3o2)cc1Cl. The zero-order valence-corrected chi connectivity index (χ0v) is 18.1. The molecule has 0 radical (unpaired) electrons. The summed E-state index contributed by atoms with van der Waals surface area (Å²) in [6.07, 6.45) is 2.66. The first kappa shape index (κ1) is 21.8. The number of fused-ring (bicyclic) bond motifs is 1. The fourth-order valence-electron chi connectivity index (χ4n) is 2.89. The molecule has 2 aromatic carbocycles. The highest BCUT2D eigenvalue weighted by Crippen LogP contribution is 2.30. The van der Waals surface area contributed by atoms with Crippen LogP contribution < -0.4 is 20.7 Å². The van der Waals surface area contributed by atoms with E-state index < -0.39 is 0 Å². The first-order valence-corrected chi connectivity index (χ1v) is 10.1. The van der Waals surface area contributed by atoms with E-state index in [2.05, 4.69) is 32.5 Å². The zero-order chi connectivity index (χ0) is 23.4. The minimum Gasteiger partial charge on any atom is -0.457 e. The van der Waals surface area contributed by atoms with Crippen LogP contribution in [0.4, 0.5) is 17.4 Å².